The molecule has 5 heteroatoms. The Bertz CT molecular complexity index is 547. The minimum absolute atomic E-state index is 0.0979. The molecular weight excluding hydrogens is 238 g/mol. The molecule has 0 aliphatic carbocycles. The molecule has 86 valence electrons. The maximum atomic E-state index is 11.3. The minimum atomic E-state index is -3.69. The molecular formula is C11H15NO2SSi. The molecule has 1 aromatic rings. The van der Waals surface area contributed by atoms with Gasteiger partial charge in [0.2, 0.25) is 10.0 Å². The number of sulfonamides is 1. The zero-order valence-corrected chi connectivity index (χ0v) is 11.4. The fraction of sp³-hybridized carbons (Fsp3) is 0.273. The summed E-state index contributed by atoms with van der Waals surface area (Å²) in [7, 11) is -5.21. The van der Waals surface area contributed by atoms with Crippen LogP contribution in [0.4, 0.5) is 0 Å². The molecule has 1 rings (SSSR count). The van der Waals surface area contributed by atoms with Crippen molar-refractivity contribution in [1.29, 1.82) is 0 Å². The van der Waals surface area contributed by atoms with Crippen LogP contribution < -0.4 is 5.14 Å². The van der Waals surface area contributed by atoms with Crippen LogP contribution in [0.15, 0.2) is 29.2 Å². The zero-order chi connectivity index (χ0) is 12.4. The van der Waals surface area contributed by atoms with E-state index in [0.717, 1.165) is 0 Å². The fourth-order valence-corrected chi connectivity index (χ4v) is 2.28. The first-order chi connectivity index (χ1) is 7.20. The Morgan fingerprint density at radius 1 is 1.19 bits per heavy atom. The van der Waals surface area contributed by atoms with Crippen molar-refractivity contribution in [2.45, 2.75) is 24.5 Å². The van der Waals surface area contributed by atoms with Crippen LogP contribution in [-0.2, 0) is 10.0 Å². The van der Waals surface area contributed by atoms with Gasteiger partial charge < -0.3 is 0 Å². The van der Waals surface area contributed by atoms with Gasteiger partial charge >= 0.3 is 0 Å². The topological polar surface area (TPSA) is 60.2 Å². The van der Waals surface area contributed by atoms with Crippen molar-refractivity contribution in [3.8, 4) is 11.5 Å². The molecule has 0 aliphatic heterocycles. The second kappa shape index (κ2) is 4.42. The molecule has 0 saturated carbocycles. The molecule has 16 heavy (non-hydrogen) atoms. The van der Waals surface area contributed by atoms with E-state index in [9.17, 15) is 8.42 Å². The third-order valence-electron chi connectivity index (χ3n) is 1.77. The number of hydrogen-bond donors (Lipinski definition) is 1. The Morgan fingerprint density at radius 2 is 1.75 bits per heavy atom. The Kier molecular flexibility index (Phi) is 3.58. The van der Waals surface area contributed by atoms with Crippen molar-refractivity contribution in [3.63, 3.8) is 0 Å². The van der Waals surface area contributed by atoms with Crippen LogP contribution in [-0.4, -0.2) is 16.5 Å². The predicted molar refractivity (Wildman–Crippen MR) is 68.0 cm³/mol. The van der Waals surface area contributed by atoms with E-state index >= 15 is 0 Å². The van der Waals surface area contributed by atoms with Crippen LogP contribution in [0.2, 0.25) is 19.6 Å². The van der Waals surface area contributed by atoms with Crippen LogP contribution in [0, 0.1) is 11.5 Å². The van der Waals surface area contributed by atoms with E-state index in [1.54, 1.807) is 18.2 Å². The van der Waals surface area contributed by atoms with Gasteiger partial charge in [0.25, 0.3) is 0 Å². The maximum Gasteiger partial charge on any atom is 0.239 e. The van der Waals surface area contributed by atoms with Gasteiger partial charge in [-0.05, 0) is 12.1 Å². The molecule has 0 saturated heterocycles. The lowest BCUT2D eigenvalue weighted by Gasteiger charge is -2.05. The average molecular weight is 253 g/mol. The van der Waals surface area contributed by atoms with Crippen molar-refractivity contribution in [1.82, 2.24) is 0 Å². The van der Waals surface area contributed by atoms with Crippen LogP contribution in [0.5, 0.6) is 0 Å². The summed E-state index contributed by atoms with van der Waals surface area (Å²) in [6.07, 6.45) is 0. The molecule has 0 heterocycles. The van der Waals surface area contributed by atoms with E-state index in [1.165, 1.54) is 6.07 Å². The normalized spacial score (nSPS) is 11.8. The Hall–Kier alpha value is -1.09. The van der Waals surface area contributed by atoms with Gasteiger partial charge in [-0.15, -0.1) is 5.54 Å². The summed E-state index contributed by atoms with van der Waals surface area (Å²) in [6.45, 7) is 6.29. The largest absolute Gasteiger partial charge is 0.239 e. The summed E-state index contributed by atoms with van der Waals surface area (Å²) in [5.74, 6) is 2.91. The van der Waals surface area contributed by atoms with E-state index in [2.05, 4.69) is 31.1 Å². The zero-order valence-electron chi connectivity index (χ0n) is 9.61. The molecule has 0 aliphatic rings. The molecule has 3 nitrogen and oxygen atoms in total. The summed E-state index contributed by atoms with van der Waals surface area (Å²) in [4.78, 5) is 0.0979. The third kappa shape index (κ3) is 3.81. The predicted octanol–water partition coefficient (Wildman–Crippen LogP) is 1.56. The Balaban J connectivity index is 3.30. The first-order valence-corrected chi connectivity index (χ1v) is 9.90. The molecule has 0 amide bonds. The van der Waals surface area contributed by atoms with Gasteiger partial charge in [-0.25, -0.2) is 13.6 Å². The molecule has 0 aromatic heterocycles. The second-order valence-electron chi connectivity index (χ2n) is 4.54. The molecule has 0 unspecified atom stereocenters. The van der Waals surface area contributed by atoms with Gasteiger partial charge in [-0.2, -0.15) is 0 Å². The molecule has 0 spiro atoms. The number of nitrogens with two attached hydrogens (primary N) is 1. The lowest BCUT2D eigenvalue weighted by atomic mass is 10.2. The number of benzene rings is 1. The summed E-state index contributed by atoms with van der Waals surface area (Å²) in [5, 5.41) is 5.11. The van der Waals surface area contributed by atoms with Crippen LogP contribution in [0.25, 0.3) is 0 Å². The van der Waals surface area contributed by atoms with Crippen molar-refractivity contribution in [3.05, 3.63) is 29.8 Å². The first-order valence-electron chi connectivity index (χ1n) is 4.85. The molecule has 0 fully saturated rings. The summed E-state index contributed by atoms with van der Waals surface area (Å²) in [5.41, 5.74) is 3.60. The number of primary sulfonamides is 1. The standard InChI is InChI=1S/C11H15NO2SSi/c1-16(2,3)9-8-10-6-4-5-7-11(10)15(12,13)14/h4-7H,1-3H3,(H2,12,13,14). The molecule has 2 N–H and O–H groups in total. The van der Waals surface area contributed by atoms with Gasteiger partial charge in [0.1, 0.15) is 8.07 Å². The second-order valence-corrected chi connectivity index (χ2v) is 10.8. The highest BCUT2D eigenvalue weighted by Crippen LogP contribution is 2.12. The highest BCUT2D eigenvalue weighted by Gasteiger charge is 2.12. The summed E-state index contributed by atoms with van der Waals surface area (Å²) >= 11 is 0. The van der Waals surface area contributed by atoms with E-state index in [0.29, 0.717) is 5.56 Å². The smallest absolute Gasteiger partial charge is 0.225 e. The lowest BCUT2D eigenvalue weighted by molar-refractivity contribution is 0.597. The molecule has 0 atom stereocenters. The van der Waals surface area contributed by atoms with Crippen molar-refractivity contribution in [2.24, 2.45) is 5.14 Å². The maximum absolute atomic E-state index is 11.3. The molecule has 0 bridgehead atoms. The molecule has 0 radical (unpaired) electrons. The average Bonchev–Trinajstić information content (AvgIpc) is 2.12. The van der Waals surface area contributed by atoms with Crippen molar-refractivity contribution < 1.29 is 8.42 Å². The monoisotopic (exact) mass is 253 g/mol. The van der Waals surface area contributed by atoms with Gasteiger partial charge in [-0.3, -0.25) is 0 Å². The highest BCUT2D eigenvalue weighted by atomic mass is 32.2. The van der Waals surface area contributed by atoms with E-state index in [1.807, 2.05) is 0 Å². The van der Waals surface area contributed by atoms with Crippen LogP contribution in [0.1, 0.15) is 5.56 Å². The number of hydrogen-bond acceptors (Lipinski definition) is 2. The van der Waals surface area contributed by atoms with E-state index < -0.39 is 18.1 Å². The summed E-state index contributed by atoms with van der Waals surface area (Å²) in [6, 6.07) is 6.54. The van der Waals surface area contributed by atoms with Crippen molar-refractivity contribution >= 4 is 18.1 Å². The van der Waals surface area contributed by atoms with Gasteiger partial charge in [0, 0.05) is 5.56 Å². The van der Waals surface area contributed by atoms with Gasteiger partial charge in [0.05, 0.1) is 4.90 Å². The number of rotatable bonds is 1. The van der Waals surface area contributed by atoms with Gasteiger partial charge in [0.15, 0.2) is 0 Å². The third-order valence-corrected chi connectivity index (χ3v) is 3.61. The van der Waals surface area contributed by atoms with E-state index in [4.69, 9.17) is 5.14 Å². The SMILES string of the molecule is C[Si](C)(C)C#Cc1ccccc1S(N)(=O)=O. The fourth-order valence-electron chi connectivity index (χ4n) is 1.07. The molecule has 1 aromatic carbocycles. The Morgan fingerprint density at radius 3 is 2.25 bits per heavy atom. The van der Waals surface area contributed by atoms with Crippen molar-refractivity contribution in [2.75, 3.05) is 0 Å². The highest BCUT2D eigenvalue weighted by molar-refractivity contribution is 7.89. The van der Waals surface area contributed by atoms with E-state index in [-0.39, 0.29) is 4.90 Å². The summed E-state index contributed by atoms with van der Waals surface area (Å²) < 4.78 is 22.6. The Labute approximate surface area is 97.7 Å². The quantitative estimate of drug-likeness (QED) is 0.610. The lowest BCUT2D eigenvalue weighted by Crippen LogP contribution is -2.17. The van der Waals surface area contributed by atoms with Crippen LogP contribution >= 0.6 is 0 Å². The van der Waals surface area contributed by atoms with Gasteiger partial charge in [-0.1, -0.05) is 37.7 Å². The van der Waals surface area contributed by atoms with Crippen LogP contribution in [0.3, 0.4) is 0 Å². The first kappa shape index (κ1) is 13.0. The minimum Gasteiger partial charge on any atom is -0.225 e.